The molecule has 0 spiro atoms. The van der Waals surface area contributed by atoms with Crippen molar-refractivity contribution in [3.8, 4) is 39.5 Å². The molecule has 0 fully saturated rings. The number of aryl methyl sites for hydroxylation is 3. The van der Waals surface area contributed by atoms with Gasteiger partial charge in [-0.3, -0.25) is 4.98 Å². The van der Waals surface area contributed by atoms with Crippen LogP contribution in [0.1, 0.15) is 43.5 Å². The Balaban J connectivity index is 0.000000208. The topological polar surface area (TPSA) is 56.7 Å². The standard InChI is InChI=1S/C33H24N3O.C17H22NSi.Ir/c1-20-18-24(23-10-5-4-6-11-23)19-21(2)30(20)36-29-15-8-7-14-28(29)35-32(36)27-13-9-12-25-26-17-16-22(3)34-33(26)37-31(25)27;1-13(2)15-11-16(14-9-7-6-8-10-14)18-12-17(15)19(3,4)5;/h4-12,14-19H,1-3H3;6-9,11-13H,1-5H3;/q2*-1;/i;13D;. The van der Waals surface area contributed by atoms with E-state index in [1.807, 2.05) is 81.6 Å². The van der Waals surface area contributed by atoms with Crippen molar-refractivity contribution < 1.29 is 25.9 Å². The van der Waals surface area contributed by atoms with Crippen molar-refractivity contribution in [3.05, 3.63) is 162 Å². The molecule has 0 unspecified atom stereocenters. The summed E-state index contributed by atoms with van der Waals surface area (Å²) in [5.41, 5.74) is 14.0. The SMILES string of the molecule is Cc1ccc2c(n1)oc1c(-c3nc4ccccc4n3-c3c(C)cc(-c4ccccc4)cc3C)[c-]ccc12.[2H]C(C)(C)c1cc(-c2[c-]cccc2)ncc1[Si](C)(C)C.[Ir]. The fourth-order valence-electron chi connectivity index (χ4n) is 7.57. The van der Waals surface area contributed by atoms with Crippen LogP contribution in [0.5, 0.6) is 0 Å². The maximum atomic E-state index is 8.44. The molecule has 5 aromatic carbocycles. The number of rotatable bonds is 6. The van der Waals surface area contributed by atoms with E-state index in [0.29, 0.717) is 5.71 Å². The van der Waals surface area contributed by atoms with Crippen LogP contribution in [0, 0.1) is 32.9 Å². The Labute approximate surface area is 351 Å². The number of furan rings is 1. The van der Waals surface area contributed by atoms with E-state index in [1.165, 1.54) is 27.4 Å². The van der Waals surface area contributed by atoms with Crippen LogP contribution in [0.3, 0.4) is 0 Å². The summed E-state index contributed by atoms with van der Waals surface area (Å²) >= 11 is 0. The maximum Gasteiger partial charge on any atom is 0.216 e. The van der Waals surface area contributed by atoms with Crippen LogP contribution in [-0.4, -0.2) is 27.6 Å². The summed E-state index contributed by atoms with van der Waals surface area (Å²) in [5, 5.41) is 3.29. The zero-order chi connectivity index (χ0) is 40.1. The summed E-state index contributed by atoms with van der Waals surface area (Å²) in [5.74, 6) is 0.198. The number of fused-ring (bicyclic) bond motifs is 4. The summed E-state index contributed by atoms with van der Waals surface area (Å²) in [4.78, 5) is 14.4. The third kappa shape index (κ3) is 7.80. The number of hydrogen-bond acceptors (Lipinski definition) is 4. The van der Waals surface area contributed by atoms with Gasteiger partial charge in [0.2, 0.25) is 5.71 Å². The Morgan fingerprint density at radius 1 is 0.737 bits per heavy atom. The molecule has 0 aliphatic heterocycles. The first kappa shape index (κ1) is 38.4. The van der Waals surface area contributed by atoms with Crippen LogP contribution in [0.25, 0.3) is 72.6 Å². The smallest absolute Gasteiger partial charge is 0.216 e. The van der Waals surface area contributed by atoms with Crippen LogP contribution in [0.2, 0.25) is 19.6 Å². The van der Waals surface area contributed by atoms with Gasteiger partial charge in [0, 0.05) is 44.4 Å². The van der Waals surface area contributed by atoms with Gasteiger partial charge in [0.1, 0.15) is 0 Å². The summed E-state index contributed by atoms with van der Waals surface area (Å²) < 4.78 is 17.0. The van der Waals surface area contributed by atoms with Gasteiger partial charge in [-0.25, -0.2) is 4.98 Å². The third-order valence-corrected chi connectivity index (χ3v) is 12.3. The molecule has 0 bridgehead atoms. The molecule has 7 heteroatoms. The Morgan fingerprint density at radius 3 is 2.16 bits per heavy atom. The molecule has 0 aliphatic carbocycles. The minimum absolute atomic E-state index is 0. The molecule has 1 radical (unpaired) electrons. The Morgan fingerprint density at radius 2 is 1.46 bits per heavy atom. The first-order valence-electron chi connectivity index (χ1n) is 19.6. The van der Waals surface area contributed by atoms with E-state index in [0.717, 1.165) is 67.0 Å². The molecule has 0 N–H and O–H groups in total. The first-order valence-corrected chi connectivity index (χ1v) is 22.6. The molecule has 9 rings (SSSR count). The molecule has 0 atom stereocenters. The molecule has 4 heterocycles. The van der Waals surface area contributed by atoms with E-state index < -0.39 is 14.0 Å². The first-order chi connectivity index (χ1) is 27.3. The fourth-order valence-corrected chi connectivity index (χ4v) is 9.16. The largest absolute Gasteiger partial charge is 0.486 e. The molecule has 0 saturated carbocycles. The summed E-state index contributed by atoms with van der Waals surface area (Å²) in [6.07, 6.45) is 1.98. The van der Waals surface area contributed by atoms with Crippen molar-refractivity contribution in [2.75, 3.05) is 0 Å². The fraction of sp³-hybridized carbons (Fsp3) is 0.180. The number of nitrogens with zero attached hydrogens (tertiary/aromatic N) is 4. The van der Waals surface area contributed by atoms with Gasteiger partial charge in [0.05, 0.1) is 30.5 Å². The zero-order valence-electron chi connectivity index (χ0n) is 34.7. The van der Waals surface area contributed by atoms with Gasteiger partial charge in [-0.1, -0.05) is 98.5 Å². The van der Waals surface area contributed by atoms with E-state index in [1.54, 1.807) is 0 Å². The van der Waals surface area contributed by atoms with E-state index in [4.69, 9.17) is 10.8 Å². The van der Waals surface area contributed by atoms with Gasteiger partial charge in [-0.15, -0.1) is 54.1 Å². The summed E-state index contributed by atoms with van der Waals surface area (Å²) in [6.45, 7) is 17.1. The number of pyridine rings is 2. The van der Waals surface area contributed by atoms with Crippen molar-refractivity contribution in [1.82, 2.24) is 19.5 Å². The van der Waals surface area contributed by atoms with Crippen molar-refractivity contribution >= 4 is 46.4 Å². The Hall–Kier alpha value is -5.46. The summed E-state index contributed by atoms with van der Waals surface area (Å²) in [6, 6.07) is 48.0. The number of aromatic nitrogens is 4. The van der Waals surface area contributed by atoms with Crippen LogP contribution >= 0.6 is 0 Å². The Bertz CT molecular complexity index is 2880. The molecular formula is C50H46IrN4OSi-2. The van der Waals surface area contributed by atoms with Gasteiger partial charge in [0.25, 0.3) is 0 Å². The quantitative estimate of drug-likeness (QED) is 0.123. The molecule has 0 saturated heterocycles. The van der Waals surface area contributed by atoms with Gasteiger partial charge in [-0.05, 0) is 96.2 Å². The van der Waals surface area contributed by atoms with Crippen LogP contribution in [0.15, 0.2) is 132 Å². The molecule has 57 heavy (non-hydrogen) atoms. The second-order valence-corrected chi connectivity index (χ2v) is 20.8. The predicted molar refractivity (Wildman–Crippen MR) is 236 cm³/mol. The minimum atomic E-state index is -1.50. The second kappa shape index (κ2) is 16.2. The minimum Gasteiger partial charge on any atom is -0.486 e. The number of benzene rings is 5. The zero-order valence-corrected chi connectivity index (χ0v) is 37.0. The van der Waals surface area contributed by atoms with E-state index in [2.05, 4.69) is 127 Å². The predicted octanol–water partition coefficient (Wildman–Crippen LogP) is 12.6. The van der Waals surface area contributed by atoms with Gasteiger partial charge < -0.3 is 14.0 Å². The van der Waals surface area contributed by atoms with Gasteiger partial charge in [0.15, 0.2) is 0 Å². The van der Waals surface area contributed by atoms with Crippen molar-refractivity contribution in [2.24, 2.45) is 0 Å². The van der Waals surface area contributed by atoms with E-state index in [9.17, 15) is 0 Å². The van der Waals surface area contributed by atoms with E-state index in [-0.39, 0.29) is 20.1 Å². The third-order valence-electron chi connectivity index (χ3n) is 10.3. The monoisotopic (exact) mass is 940 g/mol. The average molecular weight is 940 g/mol. The molecule has 5 nitrogen and oxygen atoms in total. The van der Waals surface area contributed by atoms with Crippen molar-refractivity contribution in [3.63, 3.8) is 0 Å². The average Bonchev–Trinajstić information content (AvgIpc) is 3.76. The van der Waals surface area contributed by atoms with Crippen LogP contribution < -0.4 is 5.19 Å². The van der Waals surface area contributed by atoms with Crippen LogP contribution in [0.4, 0.5) is 0 Å². The number of para-hydroxylation sites is 2. The number of hydrogen-bond donors (Lipinski definition) is 0. The molecule has 0 aliphatic rings. The summed E-state index contributed by atoms with van der Waals surface area (Å²) in [7, 11) is -1.50. The molecule has 4 aromatic heterocycles. The molecule has 0 amide bonds. The van der Waals surface area contributed by atoms with Gasteiger partial charge in [-0.2, -0.15) is 0 Å². The molecular weight excluding hydrogens is 893 g/mol. The number of imidazole rings is 1. The second-order valence-electron chi connectivity index (χ2n) is 15.7. The normalized spacial score (nSPS) is 12.0. The van der Waals surface area contributed by atoms with E-state index >= 15 is 0 Å². The van der Waals surface area contributed by atoms with Crippen molar-refractivity contribution in [2.45, 2.75) is 60.2 Å². The van der Waals surface area contributed by atoms with Gasteiger partial charge >= 0.3 is 0 Å². The van der Waals surface area contributed by atoms with Crippen molar-refractivity contribution in [1.29, 1.82) is 0 Å². The maximum absolute atomic E-state index is 8.44. The Kier molecular flexibility index (Phi) is 10.9. The molecule has 287 valence electrons. The molecule has 9 aromatic rings. The van der Waals surface area contributed by atoms with Crippen LogP contribution in [-0.2, 0) is 20.1 Å².